The molecule has 0 aliphatic rings. The zero-order chi connectivity index (χ0) is 13.7. The standard InChI is InChI=1S/C16H21N3/c1-4-9-13(5-2)17-12-15-14-10-7-8-11-16(14)19(6-3)18-15/h2,7-8,10-11,13,17H,4,6,9,12H2,1,3H3. The van der Waals surface area contributed by atoms with E-state index in [2.05, 4.69) is 54.4 Å². The van der Waals surface area contributed by atoms with Crippen LogP contribution in [0.5, 0.6) is 0 Å². The molecule has 1 unspecified atom stereocenters. The molecule has 1 heterocycles. The summed E-state index contributed by atoms with van der Waals surface area (Å²) in [6.45, 7) is 5.86. The molecule has 0 saturated heterocycles. The van der Waals surface area contributed by atoms with Crippen LogP contribution in [-0.2, 0) is 13.1 Å². The third-order valence-corrected chi connectivity index (χ3v) is 3.33. The highest BCUT2D eigenvalue weighted by atomic mass is 15.3. The molecule has 1 N–H and O–H groups in total. The van der Waals surface area contributed by atoms with Crippen LogP contribution in [0, 0.1) is 12.3 Å². The van der Waals surface area contributed by atoms with Crippen molar-refractivity contribution in [3.63, 3.8) is 0 Å². The first-order chi connectivity index (χ1) is 9.30. The minimum Gasteiger partial charge on any atom is -0.298 e. The molecule has 100 valence electrons. The highest BCUT2D eigenvalue weighted by molar-refractivity contribution is 5.81. The molecule has 19 heavy (non-hydrogen) atoms. The van der Waals surface area contributed by atoms with Gasteiger partial charge in [0.15, 0.2) is 0 Å². The number of hydrogen-bond donors (Lipinski definition) is 1. The van der Waals surface area contributed by atoms with Crippen molar-refractivity contribution < 1.29 is 0 Å². The molecular weight excluding hydrogens is 234 g/mol. The van der Waals surface area contributed by atoms with Crippen molar-refractivity contribution >= 4 is 10.9 Å². The van der Waals surface area contributed by atoms with Gasteiger partial charge in [0.05, 0.1) is 17.3 Å². The Morgan fingerprint density at radius 1 is 1.37 bits per heavy atom. The van der Waals surface area contributed by atoms with Crippen molar-refractivity contribution in [2.24, 2.45) is 0 Å². The maximum absolute atomic E-state index is 5.53. The van der Waals surface area contributed by atoms with Gasteiger partial charge in [0.2, 0.25) is 0 Å². The summed E-state index contributed by atoms with van der Waals surface area (Å²) in [5.41, 5.74) is 2.27. The quantitative estimate of drug-likeness (QED) is 0.804. The summed E-state index contributed by atoms with van der Waals surface area (Å²) in [4.78, 5) is 0. The molecule has 1 aromatic carbocycles. The summed E-state index contributed by atoms with van der Waals surface area (Å²) >= 11 is 0. The lowest BCUT2D eigenvalue weighted by atomic mass is 10.1. The van der Waals surface area contributed by atoms with Gasteiger partial charge in [-0.1, -0.05) is 37.5 Å². The van der Waals surface area contributed by atoms with Gasteiger partial charge in [-0.05, 0) is 19.4 Å². The van der Waals surface area contributed by atoms with Gasteiger partial charge in [-0.25, -0.2) is 0 Å². The van der Waals surface area contributed by atoms with Crippen molar-refractivity contribution in [2.75, 3.05) is 0 Å². The van der Waals surface area contributed by atoms with E-state index in [0.29, 0.717) is 0 Å². The van der Waals surface area contributed by atoms with E-state index in [-0.39, 0.29) is 6.04 Å². The Kier molecular flexibility index (Phi) is 4.59. The predicted octanol–water partition coefficient (Wildman–Crippen LogP) is 2.95. The number of nitrogens with zero attached hydrogens (tertiary/aromatic N) is 2. The number of hydrogen-bond acceptors (Lipinski definition) is 2. The molecule has 0 aliphatic carbocycles. The molecule has 0 saturated carbocycles. The van der Waals surface area contributed by atoms with Gasteiger partial charge in [-0.15, -0.1) is 6.42 Å². The number of para-hydroxylation sites is 1. The molecule has 0 spiro atoms. The minimum atomic E-state index is 0.135. The Balaban J connectivity index is 2.19. The highest BCUT2D eigenvalue weighted by Gasteiger charge is 2.10. The Hall–Kier alpha value is -1.79. The summed E-state index contributed by atoms with van der Waals surface area (Å²) in [6, 6.07) is 8.47. The van der Waals surface area contributed by atoms with Crippen LogP contribution in [0.15, 0.2) is 24.3 Å². The Bertz CT molecular complexity index is 577. The number of aromatic nitrogens is 2. The first kappa shape index (κ1) is 13.6. The molecule has 3 heteroatoms. The maximum Gasteiger partial charge on any atom is 0.0841 e. The summed E-state index contributed by atoms with van der Waals surface area (Å²) in [5.74, 6) is 2.80. The van der Waals surface area contributed by atoms with Crippen molar-refractivity contribution in [3.8, 4) is 12.3 Å². The lowest BCUT2D eigenvalue weighted by Gasteiger charge is -2.10. The van der Waals surface area contributed by atoms with E-state index in [9.17, 15) is 0 Å². The Labute approximate surface area is 115 Å². The van der Waals surface area contributed by atoms with Gasteiger partial charge in [-0.3, -0.25) is 10.00 Å². The van der Waals surface area contributed by atoms with Crippen LogP contribution >= 0.6 is 0 Å². The fourth-order valence-corrected chi connectivity index (χ4v) is 2.32. The molecule has 0 fully saturated rings. The van der Waals surface area contributed by atoms with Gasteiger partial charge in [0, 0.05) is 18.5 Å². The zero-order valence-electron chi connectivity index (χ0n) is 11.7. The van der Waals surface area contributed by atoms with E-state index in [4.69, 9.17) is 6.42 Å². The summed E-state index contributed by atoms with van der Waals surface area (Å²) < 4.78 is 2.04. The van der Waals surface area contributed by atoms with Crippen LogP contribution in [0.1, 0.15) is 32.4 Å². The summed E-state index contributed by atoms with van der Waals surface area (Å²) in [7, 11) is 0. The normalized spacial score (nSPS) is 12.5. The van der Waals surface area contributed by atoms with Crippen LogP contribution < -0.4 is 5.32 Å². The molecular formula is C16H21N3. The molecule has 2 rings (SSSR count). The molecule has 1 aromatic heterocycles. The topological polar surface area (TPSA) is 29.9 Å². The number of aryl methyl sites for hydroxylation is 1. The first-order valence-corrected chi connectivity index (χ1v) is 6.94. The van der Waals surface area contributed by atoms with Gasteiger partial charge in [0.25, 0.3) is 0 Å². The number of rotatable bonds is 6. The highest BCUT2D eigenvalue weighted by Crippen LogP contribution is 2.18. The fraction of sp³-hybridized carbons (Fsp3) is 0.438. The number of benzene rings is 1. The second-order valence-electron chi connectivity index (χ2n) is 4.67. The van der Waals surface area contributed by atoms with Crippen LogP contribution in [0.3, 0.4) is 0 Å². The van der Waals surface area contributed by atoms with Crippen molar-refractivity contribution in [1.29, 1.82) is 0 Å². The van der Waals surface area contributed by atoms with Crippen LogP contribution in [0.25, 0.3) is 10.9 Å². The Morgan fingerprint density at radius 3 is 2.84 bits per heavy atom. The van der Waals surface area contributed by atoms with E-state index in [1.165, 1.54) is 10.9 Å². The molecule has 0 radical (unpaired) electrons. The average Bonchev–Trinajstić information content (AvgIpc) is 2.82. The Morgan fingerprint density at radius 2 is 2.16 bits per heavy atom. The fourth-order valence-electron chi connectivity index (χ4n) is 2.32. The van der Waals surface area contributed by atoms with E-state index in [0.717, 1.165) is 31.6 Å². The lowest BCUT2D eigenvalue weighted by molar-refractivity contribution is 0.551. The summed E-state index contributed by atoms with van der Waals surface area (Å²) in [5, 5.41) is 9.28. The smallest absolute Gasteiger partial charge is 0.0841 e. The van der Waals surface area contributed by atoms with Crippen molar-refractivity contribution in [1.82, 2.24) is 15.1 Å². The SMILES string of the molecule is C#CC(CCC)NCc1nn(CC)c2ccccc12. The first-order valence-electron chi connectivity index (χ1n) is 6.94. The zero-order valence-corrected chi connectivity index (χ0v) is 11.7. The molecule has 0 bridgehead atoms. The molecule has 0 amide bonds. The number of terminal acetylenes is 1. The maximum atomic E-state index is 5.53. The van der Waals surface area contributed by atoms with Crippen LogP contribution in [0.2, 0.25) is 0 Å². The van der Waals surface area contributed by atoms with Gasteiger partial charge < -0.3 is 0 Å². The largest absolute Gasteiger partial charge is 0.298 e. The second kappa shape index (κ2) is 6.40. The number of fused-ring (bicyclic) bond motifs is 1. The molecule has 1 atom stereocenters. The van der Waals surface area contributed by atoms with Crippen LogP contribution in [-0.4, -0.2) is 15.8 Å². The van der Waals surface area contributed by atoms with Gasteiger partial charge >= 0.3 is 0 Å². The average molecular weight is 255 g/mol. The minimum absolute atomic E-state index is 0.135. The van der Waals surface area contributed by atoms with E-state index in [1.54, 1.807) is 0 Å². The van der Waals surface area contributed by atoms with Crippen molar-refractivity contribution in [3.05, 3.63) is 30.0 Å². The van der Waals surface area contributed by atoms with E-state index < -0.39 is 0 Å². The number of nitrogens with one attached hydrogen (secondary N) is 1. The predicted molar refractivity (Wildman–Crippen MR) is 79.8 cm³/mol. The van der Waals surface area contributed by atoms with Gasteiger partial charge in [0.1, 0.15) is 0 Å². The van der Waals surface area contributed by atoms with Gasteiger partial charge in [-0.2, -0.15) is 5.10 Å². The van der Waals surface area contributed by atoms with E-state index >= 15 is 0 Å². The molecule has 0 aliphatic heterocycles. The second-order valence-corrected chi connectivity index (χ2v) is 4.67. The monoisotopic (exact) mass is 255 g/mol. The molecule has 3 nitrogen and oxygen atoms in total. The lowest BCUT2D eigenvalue weighted by Crippen LogP contribution is -2.27. The molecule has 2 aromatic rings. The third-order valence-electron chi connectivity index (χ3n) is 3.33. The third kappa shape index (κ3) is 2.97. The van der Waals surface area contributed by atoms with Crippen molar-refractivity contribution in [2.45, 2.75) is 45.8 Å². The summed E-state index contributed by atoms with van der Waals surface area (Å²) in [6.07, 6.45) is 7.62. The van der Waals surface area contributed by atoms with Crippen LogP contribution in [0.4, 0.5) is 0 Å². The van der Waals surface area contributed by atoms with E-state index in [1.807, 2.05) is 4.68 Å².